The smallest absolute Gasteiger partial charge is 0.0427 e. The highest BCUT2D eigenvalue weighted by atomic mass is 32.2. The summed E-state index contributed by atoms with van der Waals surface area (Å²) in [5, 5.41) is 0. The van der Waals surface area contributed by atoms with Crippen LogP contribution in [0.4, 0.5) is 0 Å². The predicted molar refractivity (Wildman–Crippen MR) is 72.0 cm³/mol. The molecule has 0 aromatic rings. The van der Waals surface area contributed by atoms with Crippen molar-refractivity contribution in [1.82, 2.24) is 9.80 Å². The maximum Gasteiger partial charge on any atom is 0.0427 e. The topological polar surface area (TPSA) is 32.5 Å². The van der Waals surface area contributed by atoms with Crippen molar-refractivity contribution in [2.75, 3.05) is 51.3 Å². The van der Waals surface area contributed by atoms with Gasteiger partial charge in [-0.1, -0.05) is 0 Å². The Morgan fingerprint density at radius 2 is 2.12 bits per heavy atom. The summed E-state index contributed by atoms with van der Waals surface area (Å²) >= 11 is 2.06. The summed E-state index contributed by atoms with van der Waals surface area (Å²) in [5.74, 6) is 2.51. The summed E-state index contributed by atoms with van der Waals surface area (Å²) in [6.07, 6.45) is 4.05. The SMILES string of the molecule is CN(CCN1CCCC1)C1(CN)CCSC1. The van der Waals surface area contributed by atoms with Gasteiger partial charge in [-0.05, 0) is 45.2 Å². The van der Waals surface area contributed by atoms with Crippen LogP contribution < -0.4 is 5.73 Å². The van der Waals surface area contributed by atoms with Gasteiger partial charge in [0.05, 0.1) is 0 Å². The van der Waals surface area contributed by atoms with E-state index in [9.17, 15) is 0 Å². The van der Waals surface area contributed by atoms with E-state index in [0.717, 1.165) is 6.54 Å². The van der Waals surface area contributed by atoms with Crippen LogP contribution in [-0.4, -0.2) is 66.6 Å². The lowest BCUT2D eigenvalue weighted by atomic mass is 9.97. The minimum absolute atomic E-state index is 0.296. The summed E-state index contributed by atoms with van der Waals surface area (Å²) in [7, 11) is 2.26. The van der Waals surface area contributed by atoms with Crippen LogP contribution >= 0.6 is 11.8 Å². The zero-order chi connectivity index (χ0) is 11.4. The number of nitrogens with zero attached hydrogens (tertiary/aromatic N) is 2. The highest BCUT2D eigenvalue weighted by Gasteiger charge is 2.36. The van der Waals surface area contributed by atoms with E-state index in [1.807, 2.05) is 0 Å². The quantitative estimate of drug-likeness (QED) is 0.776. The zero-order valence-electron chi connectivity index (χ0n) is 10.5. The molecule has 3 nitrogen and oxygen atoms in total. The first kappa shape index (κ1) is 12.7. The predicted octanol–water partition coefficient (Wildman–Crippen LogP) is 0.848. The molecule has 0 spiro atoms. The fraction of sp³-hybridized carbons (Fsp3) is 1.00. The van der Waals surface area contributed by atoms with E-state index in [-0.39, 0.29) is 0 Å². The van der Waals surface area contributed by atoms with Gasteiger partial charge in [0.15, 0.2) is 0 Å². The Morgan fingerprint density at radius 1 is 1.38 bits per heavy atom. The summed E-state index contributed by atoms with van der Waals surface area (Å²) in [6.45, 7) is 5.83. The lowest BCUT2D eigenvalue weighted by Gasteiger charge is -2.38. The zero-order valence-corrected chi connectivity index (χ0v) is 11.3. The van der Waals surface area contributed by atoms with Crippen LogP contribution in [0.5, 0.6) is 0 Å². The van der Waals surface area contributed by atoms with Crippen molar-refractivity contribution in [1.29, 1.82) is 0 Å². The fourth-order valence-corrected chi connectivity index (χ4v) is 4.28. The van der Waals surface area contributed by atoms with Crippen LogP contribution in [0.15, 0.2) is 0 Å². The average molecular weight is 243 g/mol. The van der Waals surface area contributed by atoms with Gasteiger partial charge >= 0.3 is 0 Å². The normalized spacial score (nSPS) is 31.7. The van der Waals surface area contributed by atoms with E-state index in [1.54, 1.807) is 0 Å². The van der Waals surface area contributed by atoms with E-state index < -0.39 is 0 Å². The second-order valence-electron chi connectivity index (χ2n) is 5.20. The first-order valence-corrected chi connectivity index (χ1v) is 7.64. The fourth-order valence-electron chi connectivity index (χ4n) is 2.75. The van der Waals surface area contributed by atoms with Gasteiger partial charge in [0.1, 0.15) is 0 Å². The molecule has 2 N–H and O–H groups in total. The minimum Gasteiger partial charge on any atom is -0.329 e. The molecule has 2 fully saturated rings. The Morgan fingerprint density at radius 3 is 2.69 bits per heavy atom. The lowest BCUT2D eigenvalue weighted by Crippen LogP contribution is -2.54. The largest absolute Gasteiger partial charge is 0.329 e. The highest BCUT2D eigenvalue weighted by Crippen LogP contribution is 2.31. The van der Waals surface area contributed by atoms with E-state index in [0.29, 0.717) is 5.54 Å². The number of likely N-dealkylation sites (N-methyl/N-ethyl adjacent to an activating group) is 1. The molecule has 2 aliphatic rings. The van der Waals surface area contributed by atoms with Crippen LogP contribution in [0.25, 0.3) is 0 Å². The third-order valence-corrected chi connectivity index (χ3v) is 5.46. The second kappa shape index (κ2) is 5.71. The van der Waals surface area contributed by atoms with Gasteiger partial charge in [-0.25, -0.2) is 0 Å². The lowest BCUT2D eigenvalue weighted by molar-refractivity contribution is 0.134. The molecule has 16 heavy (non-hydrogen) atoms. The molecular formula is C12H25N3S. The first-order chi connectivity index (χ1) is 7.77. The molecule has 2 heterocycles. The standard InChI is InChI=1S/C12H25N3S/c1-14(7-8-15-5-2-3-6-15)12(10-13)4-9-16-11-12/h2-11,13H2,1H3. The van der Waals surface area contributed by atoms with Crippen molar-refractivity contribution in [2.24, 2.45) is 5.73 Å². The Bertz CT molecular complexity index is 210. The summed E-state index contributed by atoms with van der Waals surface area (Å²) in [4.78, 5) is 5.11. The van der Waals surface area contributed by atoms with Gasteiger partial charge in [0.25, 0.3) is 0 Å². The van der Waals surface area contributed by atoms with Crippen molar-refractivity contribution in [2.45, 2.75) is 24.8 Å². The number of likely N-dealkylation sites (tertiary alicyclic amines) is 1. The summed E-state index contributed by atoms with van der Waals surface area (Å²) in [5.41, 5.74) is 6.28. The molecular weight excluding hydrogens is 218 g/mol. The van der Waals surface area contributed by atoms with Crippen LogP contribution in [0, 0.1) is 0 Å². The second-order valence-corrected chi connectivity index (χ2v) is 6.31. The van der Waals surface area contributed by atoms with E-state index in [1.165, 1.54) is 56.9 Å². The van der Waals surface area contributed by atoms with Crippen molar-refractivity contribution >= 4 is 11.8 Å². The van der Waals surface area contributed by atoms with Gasteiger partial charge < -0.3 is 10.6 Å². The molecule has 4 heteroatoms. The molecule has 0 radical (unpaired) electrons. The third-order valence-electron chi connectivity index (χ3n) is 4.22. The molecule has 0 aromatic carbocycles. The van der Waals surface area contributed by atoms with Gasteiger partial charge in [0, 0.05) is 30.9 Å². The number of nitrogens with two attached hydrogens (primary N) is 1. The summed E-state index contributed by atoms with van der Waals surface area (Å²) < 4.78 is 0. The third kappa shape index (κ3) is 2.73. The van der Waals surface area contributed by atoms with Gasteiger partial charge in [0.2, 0.25) is 0 Å². The Hall–Kier alpha value is 0.230. The molecule has 0 aliphatic carbocycles. The van der Waals surface area contributed by atoms with Crippen LogP contribution in [0.2, 0.25) is 0 Å². The number of hydrogen-bond acceptors (Lipinski definition) is 4. The molecule has 0 amide bonds. The van der Waals surface area contributed by atoms with Crippen molar-refractivity contribution in [3.63, 3.8) is 0 Å². The Balaban J connectivity index is 1.78. The number of thioether (sulfide) groups is 1. The molecule has 94 valence electrons. The van der Waals surface area contributed by atoms with Crippen LogP contribution in [0.1, 0.15) is 19.3 Å². The monoisotopic (exact) mass is 243 g/mol. The van der Waals surface area contributed by atoms with Crippen molar-refractivity contribution < 1.29 is 0 Å². The molecule has 2 rings (SSSR count). The average Bonchev–Trinajstić information content (AvgIpc) is 2.97. The maximum atomic E-state index is 5.98. The Kier molecular flexibility index (Phi) is 4.53. The van der Waals surface area contributed by atoms with Gasteiger partial charge in [-0.2, -0.15) is 11.8 Å². The summed E-state index contributed by atoms with van der Waals surface area (Å²) in [6, 6.07) is 0. The molecule has 0 saturated carbocycles. The minimum atomic E-state index is 0.296. The molecule has 0 aromatic heterocycles. The molecule has 2 aliphatic heterocycles. The number of rotatable bonds is 5. The van der Waals surface area contributed by atoms with Gasteiger partial charge in [-0.15, -0.1) is 0 Å². The van der Waals surface area contributed by atoms with E-state index in [4.69, 9.17) is 5.73 Å². The van der Waals surface area contributed by atoms with Crippen LogP contribution in [-0.2, 0) is 0 Å². The molecule has 0 bridgehead atoms. The van der Waals surface area contributed by atoms with E-state index >= 15 is 0 Å². The Labute approximate surface area is 104 Å². The highest BCUT2D eigenvalue weighted by molar-refractivity contribution is 7.99. The van der Waals surface area contributed by atoms with Gasteiger partial charge in [-0.3, -0.25) is 4.90 Å². The van der Waals surface area contributed by atoms with E-state index in [2.05, 4.69) is 28.6 Å². The molecule has 1 unspecified atom stereocenters. The molecule has 2 saturated heterocycles. The van der Waals surface area contributed by atoms with Crippen molar-refractivity contribution in [3.05, 3.63) is 0 Å². The van der Waals surface area contributed by atoms with Crippen molar-refractivity contribution in [3.8, 4) is 0 Å². The van der Waals surface area contributed by atoms with Crippen LogP contribution in [0.3, 0.4) is 0 Å². The maximum absolute atomic E-state index is 5.98. The molecule has 1 atom stereocenters. The first-order valence-electron chi connectivity index (χ1n) is 6.48. The number of hydrogen-bond donors (Lipinski definition) is 1.